The largest absolute Gasteiger partial charge is 0.311 e. The number of nitrogens with zero attached hydrogens (tertiary/aromatic N) is 2. The number of rotatable bonds is 5. The number of aryl methyl sites for hydroxylation is 1. The smallest absolute Gasteiger partial charge is 0.0313 e. The van der Waals surface area contributed by atoms with Crippen LogP contribution in [0.25, 0.3) is 0 Å². The SMILES string of the molecule is CCC(C)C1CN(Cc2cncc(C)c2)C(C2CC2)CN1. The van der Waals surface area contributed by atoms with E-state index in [4.69, 9.17) is 0 Å². The second kappa shape index (κ2) is 6.45. The highest BCUT2D eigenvalue weighted by atomic mass is 15.2. The average Bonchev–Trinajstić information content (AvgIpc) is 3.31. The lowest BCUT2D eigenvalue weighted by Gasteiger charge is -2.42. The van der Waals surface area contributed by atoms with Crippen molar-refractivity contribution in [3.8, 4) is 0 Å². The van der Waals surface area contributed by atoms with Crippen molar-refractivity contribution >= 4 is 0 Å². The quantitative estimate of drug-likeness (QED) is 0.902. The summed E-state index contributed by atoms with van der Waals surface area (Å²) in [5.41, 5.74) is 2.63. The van der Waals surface area contributed by atoms with Crippen molar-refractivity contribution in [1.29, 1.82) is 0 Å². The first-order valence-electron chi connectivity index (χ1n) is 8.55. The van der Waals surface area contributed by atoms with Gasteiger partial charge in [0.05, 0.1) is 0 Å². The zero-order valence-electron chi connectivity index (χ0n) is 13.7. The molecule has 3 rings (SSSR count). The van der Waals surface area contributed by atoms with Gasteiger partial charge in [-0.1, -0.05) is 26.3 Å². The minimum Gasteiger partial charge on any atom is -0.311 e. The zero-order valence-corrected chi connectivity index (χ0v) is 13.7. The molecule has 1 aromatic heterocycles. The molecule has 0 aromatic carbocycles. The van der Waals surface area contributed by atoms with E-state index in [0.717, 1.165) is 24.4 Å². The van der Waals surface area contributed by atoms with Crippen molar-refractivity contribution in [3.63, 3.8) is 0 Å². The van der Waals surface area contributed by atoms with E-state index in [2.05, 4.69) is 42.0 Å². The summed E-state index contributed by atoms with van der Waals surface area (Å²) in [6.45, 7) is 10.2. The Hall–Kier alpha value is -0.930. The van der Waals surface area contributed by atoms with Crippen molar-refractivity contribution in [2.75, 3.05) is 13.1 Å². The summed E-state index contributed by atoms with van der Waals surface area (Å²) in [5, 5.41) is 3.81. The molecule has 3 nitrogen and oxygen atoms in total. The van der Waals surface area contributed by atoms with Crippen LogP contribution in [0, 0.1) is 18.8 Å². The maximum atomic E-state index is 4.36. The molecule has 3 heteroatoms. The summed E-state index contributed by atoms with van der Waals surface area (Å²) >= 11 is 0. The summed E-state index contributed by atoms with van der Waals surface area (Å²) in [6.07, 6.45) is 8.08. The fraction of sp³-hybridized carbons (Fsp3) is 0.722. The maximum absolute atomic E-state index is 4.36. The number of nitrogens with one attached hydrogen (secondary N) is 1. The zero-order chi connectivity index (χ0) is 14.8. The Morgan fingerprint density at radius 1 is 1.38 bits per heavy atom. The summed E-state index contributed by atoms with van der Waals surface area (Å²) < 4.78 is 0. The van der Waals surface area contributed by atoms with Crippen LogP contribution < -0.4 is 5.32 Å². The molecule has 1 aliphatic heterocycles. The molecule has 1 N–H and O–H groups in total. The third kappa shape index (κ3) is 3.64. The molecule has 2 heterocycles. The Balaban J connectivity index is 1.71. The van der Waals surface area contributed by atoms with Gasteiger partial charge in [0, 0.05) is 44.1 Å². The summed E-state index contributed by atoms with van der Waals surface area (Å²) in [6, 6.07) is 3.66. The molecule has 1 saturated carbocycles. The lowest BCUT2D eigenvalue weighted by molar-refractivity contribution is 0.0890. The lowest BCUT2D eigenvalue weighted by atomic mass is 9.94. The van der Waals surface area contributed by atoms with Gasteiger partial charge in [-0.05, 0) is 42.7 Å². The molecule has 2 fully saturated rings. The fourth-order valence-corrected chi connectivity index (χ4v) is 3.59. The van der Waals surface area contributed by atoms with E-state index >= 15 is 0 Å². The highest BCUT2D eigenvalue weighted by Crippen LogP contribution is 2.37. The van der Waals surface area contributed by atoms with Gasteiger partial charge >= 0.3 is 0 Å². The highest BCUT2D eigenvalue weighted by molar-refractivity contribution is 5.17. The van der Waals surface area contributed by atoms with E-state index < -0.39 is 0 Å². The first kappa shape index (κ1) is 15.0. The van der Waals surface area contributed by atoms with Crippen molar-refractivity contribution < 1.29 is 0 Å². The van der Waals surface area contributed by atoms with Crippen molar-refractivity contribution in [2.24, 2.45) is 11.8 Å². The van der Waals surface area contributed by atoms with E-state index in [9.17, 15) is 0 Å². The predicted octanol–water partition coefficient (Wildman–Crippen LogP) is 2.99. The molecular weight excluding hydrogens is 258 g/mol. The number of hydrogen-bond donors (Lipinski definition) is 1. The second-order valence-corrected chi connectivity index (χ2v) is 7.11. The Kier molecular flexibility index (Phi) is 4.60. The second-order valence-electron chi connectivity index (χ2n) is 7.11. The molecule has 0 radical (unpaired) electrons. The Morgan fingerprint density at radius 3 is 2.86 bits per heavy atom. The summed E-state index contributed by atoms with van der Waals surface area (Å²) in [5.74, 6) is 1.68. The molecule has 0 spiro atoms. The molecule has 21 heavy (non-hydrogen) atoms. The molecule has 0 amide bonds. The van der Waals surface area contributed by atoms with Gasteiger partial charge in [-0.2, -0.15) is 0 Å². The standard InChI is InChI=1S/C18H29N3/c1-4-14(3)17-12-21(18(10-20-17)16-5-6-16)11-15-7-13(2)8-19-9-15/h7-9,14,16-18,20H,4-6,10-12H2,1-3H3. The molecule has 0 bridgehead atoms. The minimum atomic E-state index is 0.641. The first-order valence-corrected chi connectivity index (χ1v) is 8.55. The van der Waals surface area contributed by atoms with E-state index in [1.165, 1.54) is 43.5 Å². The van der Waals surface area contributed by atoms with Crippen LogP contribution in [0.2, 0.25) is 0 Å². The minimum absolute atomic E-state index is 0.641. The molecule has 3 unspecified atom stereocenters. The van der Waals surface area contributed by atoms with Crippen LogP contribution in [-0.4, -0.2) is 35.1 Å². The summed E-state index contributed by atoms with van der Waals surface area (Å²) in [4.78, 5) is 7.09. The van der Waals surface area contributed by atoms with E-state index in [-0.39, 0.29) is 0 Å². The number of hydrogen-bond acceptors (Lipinski definition) is 3. The van der Waals surface area contributed by atoms with E-state index in [1.54, 1.807) is 0 Å². The predicted molar refractivity (Wildman–Crippen MR) is 87.1 cm³/mol. The monoisotopic (exact) mass is 287 g/mol. The third-order valence-electron chi connectivity index (χ3n) is 5.30. The first-order chi connectivity index (χ1) is 10.2. The summed E-state index contributed by atoms with van der Waals surface area (Å²) in [7, 11) is 0. The average molecular weight is 287 g/mol. The van der Waals surface area contributed by atoms with Crippen LogP contribution in [0.4, 0.5) is 0 Å². The van der Waals surface area contributed by atoms with Crippen molar-refractivity contribution in [2.45, 2.75) is 58.7 Å². The number of pyridine rings is 1. The Morgan fingerprint density at radius 2 is 2.19 bits per heavy atom. The van der Waals surface area contributed by atoms with Gasteiger partial charge in [0.15, 0.2) is 0 Å². The van der Waals surface area contributed by atoms with Crippen LogP contribution >= 0.6 is 0 Å². The van der Waals surface area contributed by atoms with Crippen molar-refractivity contribution in [1.82, 2.24) is 15.2 Å². The number of aromatic nitrogens is 1. The lowest BCUT2D eigenvalue weighted by Crippen LogP contribution is -2.58. The maximum Gasteiger partial charge on any atom is 0.0313 e. The van der Waals surface area contributed by atoms with Gasteiger partial charge < -0.3 is 5.32 Å². The van der Waals surface area contributed by atoms with Crippen LogP contribution in [0.1, 0.15) is 44.2 Å². The van der Waals surface area contributed by atoms with Gasteiger partial charge in [-0.15, -0.1) is 0 Å². The van der Waals surface area contributed by atoms with E-state index in [1.807, 2.05) is 12.4 Å². The topological polar surface area (TPSA) is 28.2 Å². The van der Waals surface area contributed by atoms with Gasteiger partial charge in [-0.25, -0.2) is 0 Å². The Labute approximate surface area is 129 Å². The van der Waals surface area contributed by atoms with Crippen LogP contribution in [0.5, 0.6) is 0 Å². The van der Waals surface area contributed by atoms with E-state index in [0.29, 0.717) is 6.04 Å². The Bertz CT molecular complexity index is 469. The van der Waals surface area contributed by atoms with Gasteiger partial charge in [0.25, 0.3) is 0 Å². The fourth-order valence-electron chi connectivity index (χ4n) is 3.59. The molecule has 3 atom stereocenters. The van der Waals surface area contributed by atoms with Gasteiger partial charge in [0.1, 0.15) is 0 Å². The van der Waals surface area contributed by atoms with Crippen molar-refractivity contribution in [3.05, 3.63) is 29.6 Å². The molecule has 1 saturated heterocycles. The molecule has 2 aliphatic rings. The van der Waals surface area contributed by atoms with Crippen LogP contribution in [0.3, 0.4) is 0 Å². The normalized spacial score (nSPS) is 28.5. The highest BCUT2D eigenvalue weighted by Gasteiger charge is 2.39. The number of piperazine rings is 1. The molecule has 1 aromatic rings. The molecular formula is C18H29N3. The molecule has 1 aliphatic carbocycles. The van der Waals surface area contributed by atoms with Crippen LogP contribution in [0.15, 0.2) is 18.5 Å². The van der Waals surface area contributed by atoms with Crippen LogP contribution in [-0.2, 0) is 6.54 Å². The third-order valence-corrected chi connectivity index (χ3v) is 5.30. The molecule has 116 valence electrons. The van der Waals surface area contributed by atoms with Gasteiger partial charge in [0.2, 0.25) is 0 Å². The van der Waals surface area contributed by atoms with Gasteiger partial charge in [-0.3, -0.25) is 9.88 Å².